The van der Waals surface area contributed by atoms with Gasteiger partial charge in [-0.05, 0) is 18.1 Å². The van der Waals surface area contributed by atoms with Crippen LogP contribution in [0.15, 0.2) is 42.5 Å². The molecule has 0 bridgehead atoms. The SMILES string of the molecule is CCCCOC(=O)[C@H]1C[C@@H](NC(=O)OCc2ccccc2)c2cc(OC)c(OC)cc2N1. The first-order valence-electron chi connectivity index (χ1n) is 10.7. The van der Waals surface area contributed by atoms with Gasteiger partial charge in [-0.25, -0.2) is 9.59 Å². The van der Waals surface area contributed by atoms with Crippen molar-refractivity contribution in [2.24, 2.45) is 0 Å². The van der Waals surface area contributed by atoms with E-state index in [-0.39, 0.29) is 12.6 Å². The number of carbonyl (C=O) groups is 2. The molecule has 1 aliphatic heterocycles. The Morgan fingerprint density at radius 2 is 1.78 bits per heavy atom. The normalized spacial score (nSPS) is 16.8. The number of rotatable bonds is 9. The molecule has 0 fully saturated rings. The molecule has 2 aromatic carbocycles. The summed E-state index contributed by atoms with van der Waals surface area (Å²) in [6, 6.07) is 11.9. The van der Waals surface area contributed by atoms with Crippen LogP contribution < -0.4 is 20.1 Å². The lowest BCUT2D eigenvalue weighted by Crippen LogP contribution is -2.42. The molecule has 0 radical (unpaired) electrons. The zero-order chi connectivity index (χ0) is 22.9. The van der Waals surface area contributed by atoms with Gasteiger partial charge in [0.15, 0.2) is 11.5 Å². The molecule has 1 heterocycles. The molecule has 0 saturated heterocycles. The van der Waals surface area contributed by atoms with Crippen LogP contribution in [0.1, 0.15) is 43.4 Å². The average Bonchev–Trinajstić information content (AvgIpc) is 2.82. The van der Waals surface area contributed by atoms with Crippen molar-refractivity contribution in [2.45, 2.75) is 44.9 Å². The van der Waals surface area contributed by atoms with E-state index in [0.29, 0.717) is 30.2 Å². The number of carbonyl (C=O) groups excluding carboxylic acids is 2. The van der Waals surface area contributed by atoms with Gasteiger partial charge in [-0.3, -0.25) is 0 Å². The number of amides is 1. The van der Waals surface area contributed by atoms with Crippen LogP contribution in [0.25, 0.3) is 0 Å². The highest BCUT2D eigenvalue weighted by atomic mass is 16.5. The van der Waals surface area contributed by atoms with E-state index in [2.05, 4.69) is 10.6 Å². The number of fused-ring (bicyclic) bond motifs is 1. The van der Waals surface area contributed by atoms with E-state index in [9.17, 15) is 9.59 Å². The van der Waals surface area contributed by atoms with Crippen LogP contribution >= 0.6 is 0 Å². The molecular weight excluding hydrogens is 412 g/mol. The number of anilines is 1. The van der Waals surface area contributed by atoms with E-state index in [0.717, 1.165) is 24.0 Å². The smallest absolute Gasteiger partial charge is 0.407 e. The zero-order valence-electron chi connectivity index (χ0n) is 18.7. The van der Waals surface area contributed by atoms with Crippen molar-refractivity contribution in [3.05, 3.63) is 53.6 Å². The molecule has 2 aromatic rings. The van der Waals surface area contributed by atoms with Crippen molar-refractivity contribution in [1.29, 1.82) is 0 Å². The summed E-state index contributed by atoms with van der Waals surface area (Å²) in [5, 5.41) is 6.09. The highest BCUT2D eigenvalue weighted by Gasteiger charge is 2.34. The predicted molar refractivity (Wildman–Crippen MR) is 120 cm³/mol. The monoisotopic (exact) mass is 442 g/mol. The summed E-state index contributed by atoms with van der Waals surface area (Å²) < 4.78 is 21.6. The standard InChI is InChI=1S/C24H30N2O6/c1-4-5-11-31-23(27)20-13-18(26-24(28)32-15-16-9-7-6-8-10-16)17-12-21(29-2)22(30-3)14-19(17)25-20/h6-10,12,14,18,20,25H,4-5,11,13,15H2,1-3H3,(H,26,28)/t18-,20-/m1/s1. The molecule has 0 spiro atoms. The largest absolute Gasteiger partial charge is 0.493 e. The summed E-state index contributed by atoms with van der Waals surface area (Å²) in [5.41, 5.74) is 2.33. The van der Waals surface area contributed by atoms with Crippen LogP contribution in [0, 0.1) is 0 Å². The number of methoxy groups -OCH3 is 2. The number of alkyl carbamates (subject to hydrolysis) is 1. The molecule has 1 aliphatic rings. The van der Waals surface area contributed by atoms with Crippen LogP contribution in [0.5, 0.6) is 11.5 Å². The third-order valence-electron chi connectivity index (χ3n) is 5.26. The zero-order valence-corrected chi connectivity index (χ0v) is 18.7. The molecule has 8 heteroatoms. The molecule has 0 aliphatic carbocycles. The van der Waals surface area contributed by atoms with Gasteiger partial charge in [0.05, 0.1) is 26.9 Å². The fourth-order valence-corrected chi connectivity index (χ4v) is 3.53. The first kappa shape index (κ1) is 23.2. The highest BCUT2D eigenvalue weighted by Crippen LogP contribution is 2.40. The van der Waals surface area contributed by atoms with Crippen LogP contribution in [-0.2, 0) is 20.9 Å². The molecule has 2 atom stereocenters. The summed E-state index contributed by atoms with van der Waals surface area (Å²) in [6.45, 7) is 2.55. The van der Waals surface area contributed by atoms with Crippen molar-refractivity contribution in [3.63, 3.8) is 0 Å². The lowest BCUT2D eigenvalue weighted by atomic mass is 9.92. The van der Waals surface area contributed by atoms with Crippen LogP contribution in [0.3, 0.4) is 0 Å². The van der Waals surface area contributed by atoms with Gasteiger partial charge in [0.25, 0.3) is 0 Å². The topological polar surface area (TPSA) is 95.1 Å². The van der Waals surface area contributed by atoms with E-state index in [4.69, 9.17) is 18.9 Å². The predicted octanol–water partition coefficient (Wildman–Crippen LogP) is 4.20. The lowest BCUT2D eigenvalue weighted by Gasteiger charge is -2.33. The second-order valence-corrected chi connectivity index (χ2v) is 7.51. The fourth-order valence-electron chi connectivity index (χ4n) is 3.53. The van der Waals surface area contributed by atoms with Crippen molar-refractivity contribution >= 4 is 17.7 Å². The van der Waals surface area contributed by atoms with Gasteiger partial charge in [0.1, 0.15) is 12.6 Å². The molecule has 8 nitrogen and oxygen atoms in total. The van der Waals surface area contributed by atoms with Crippen molar-refractivity contribution in [2.75, 3.05) is 26.1 Å². The Morgan fingerprint density at radius 1 is 1.06 bits per heavy atom. The quantitative estimate of drug-likeness (QED) is 0.444. The number of hydrogen-bond donors (Lipinski definition) is 2. The Kier molecular flexibility index (Phi) is 8.19. The van der Waals surface area contributed by atoms with Crippen LogP contribution in [0.2, 0.25) is 0 Å². The average molecular weight is 443 g/mol. The third kappa shape index (κ3) is 5.84. The fraction of sp³-hybridized carbons (Fsp3) is 0.417. The van der Waals surface area contributed by atoms with Gasteiger partial charge in [-0.2, -0.15) is 0 Å². The minimum Gasteiger partial charge on any atom is -0.493 e. The van der Waals surface area contributed by atoms with Crippen molar-refractivity contribution in [3.8, 4) is 11.5 Å². The number of unbranched alkanes of at least 4 members (excludes halogenated alkanes) is 1. The Balaban J connectivity index is 1.77. The van der Waals surface area contributed by atoms with E-state index in [1.54, 1.807) is 26.4 Å². The molecule has 3 rings (SSSR count). The van der Waals surface area contributed by atoms with Gasteiger partial charge < -0.3 is 29.6 Å². The molecular formula is C24H30N2O6. The van der Waals surface area contributed by atoms with Crippen molar-refractivity contribution in [1.82, 2.24) is 5.32 Å². The number of benzene rings is 2. The van der Waals surface area contributed by atoms with E-state index in [1.165, 1.54) is 0 Å². The summed E-state index contributed by atoms with van der Waals surface area (Å²) in [4.78, 5) is 25.2. The molecule has 0 saturated carbocycles. The third-order valence-corrected chi connectivity index (χ3v) is 5.26. The van der Waals surface area contributed by atoms with E-state index >= 15 is 0 Å². The van der Waals surface area contributed by atoms with Gasteiger partial charge in [0, 0.05) is 23.7 Å². The Labute approximate surface area is 188 Å². The molecule has 32 heavy (non-hydrogen) atoms. The molecule has 0 unspecified atom stereocenters. The van der Waals surface area contributed by atoms with Gasteiger partial charge >= 0.3 is 12.1 Å². The van der Waals surface area contributed by atoms with Gasteiger partial charge in [0.2, 0.25) is 0 Å². The second kappa shape index (κ2) is 11.3. The molecule has 1 amide bonds. The molecule has 172 valence electrons. The summed E-state index contributed by atoms with van der Waals surface area (Å²) in [6.07, 6.45) is 1.48. The molecule has 2 N–H and O–H groups in total. The van der Waals surface area contributed by atoms with Gasteiger partial charge in [-0.15, -0.1) is 0 Å². The minimum absolute atomic E-state index is 0.152. The summed E-state index contributed by atoms with van der Waals surface area (Å²) in [5.74, 6) is 0.689. The maximum absolute atomic E-state index is 12.6. The number of esters is 1. The maximum Gasteiger partial charge on any atom is 0.407 e. The van der Waals surface area contributed by atoms with Gasteiger partial charge in [-0.1, -0.05) is 43.7 Å². The van der Waals surface area contributed by atoms with Crippen molar-refractivity contribution < 1.29 is 28.5 Å². The summed E-state index contributed by atoms with van der Waals surface area (Å²) >= 11 is 0. The minimum atomic E-state index is -0.614. The number of hydrogen-bond acceptors (Lipinski definition) is 7. The highest BCUT2D eigenvalue weighted by molar-refractivity contribution is 5.82. The Bertz CT molecular complexity index is 918. The molecule has 0 aromatic heterocycles. The van der Waals surface area contributed by atoms with Crippen LogP contribution in [-0.4, -0.2) is 38.9 Å². The lowest BCUT2D eigenvalue weighted by molar-refractivity contribution is -0.145. The number of ether oxygens (including phenoxy) is 4. The number of nitrogens with one attached hydrogen (secondary N) is 2. The Morgan fingerprint density at radius 3 is 2.47 bits per heavy atom. The van der Waals surface area contributed by atoms with E-state index < -0.39 is 18.2 Å². The van der Waals surface area contributed by atoms with Crippen LogP contribution in [0.4, 0.5) is 10.5 Å². The first-order chi connectivity index (χ1) is 15.5. The summed E-state index contributed by atoms with van der Waals surface area (Å²) in [7, 11) is 3.09. The first-order valence-corrected chi connectivity index (χ1v) is 10.7. The second-order valence-electron chi connectivity index (χ2n) is 7.51. The Hall–Kier alpha value is -3.42. The van der Waals surface area contributed by atoms with E-state index in [1.807, 2.05) is 37.3 Å². The maximum atomic E-state index is 12.6.